The molecule has 1 heterocycles. The third-order valence-electron chi connectivity index (χ3n) is 4.49. The SMILES string of the molecule is COC(=O)C1CC(NC(=O)c2c(Cl)cccc2Oc2ccc(F)c(Cl)c2)CS1(=O)=O. The fourth-order valence-corrected chi connectivity index (χ4v) is 5.43. The van der Waals surface area contributed by atoms with Crippen LogP contribution in [0.4, 0.5) is 4.39 Å². The number of amides is 1. The van der Waals surface area contributed by atoms with Crippen molar-refractivity contribution in [2.45, 2.75) is 17.7 Å². The molecule has 0 bridgehead atoms. The highest BCUT2D eigenvalue weighted by molar-refractivity contribution is 7.93. The molecule has 1 amide bonds. The van der Waals surface area contributed by atoms with Gasteiger partial charge in [0.15, 0.2) is 15.1 Å². The van der Waals surface area contributed by atoms with E-state index in [1.807, 2.05) is 0 Å². The maximum atomic E-state index is 13.4. The molecule has 1 saturated heterocycles. The molecule has 0 aliphatic carbocycles. The Hall–Kier alpha value is -2.36. The molecule has 0 spiro atoms. The van der Waals surface area contributed by atoms with E-state index in [0.717, 1.165) is 13.2 Å². The smallest absolute Gasteiger partial charge is 0.324 e. The lowest BCUT2D eigenvalue weighted by molar-refractivity contribution is -0.140. The summed E-state index contributed by atoms with van der Waals surface area (Å²) in [4.78, 5) is 24.5. The second-order valence-electron chi connectivity index (χ2n) is 6.54. The Morgan fingerprint density at radius 2 is 1.90 bits per heavy atom. The zero-order valence-electron chi connectivity index (χ0n) is 15.5. The van der Waals surface area contributed by atoms with Gasteiger partial charge >= 0.3 is 5.97 Å². The van der Waals surface area contributed by atoms with Crippen molar-refractivity contribution in [2.75, 3.05) is 12.9 Å². The van der Waals surface area contributed by atoms with Crippen molar-refractivity contribution in [3.8, 4) is 11.5 Å². The van der Waals surface area contributed by atoms with Crippen LogP contribution in [0.3, 0.4) is 0 Å². The fraction of sp³-hybridized carbons (Fsp3) is 0.263. The topological polar surface area (TPSA) is 98.8 Å². The van der Waals surface area contributed by atoms with E-state index in [-0.39, 0.29) is 33.5 Å². The molecule has 2 atom stereocenters. The van der Waals surface area contributed by atoms with Crippen LogP contribution in [0.15, 0.2) is 36.4 Å². The van der Waals surface area contributed by atoms with Crippen LogP contribution in [0, 0.1) is 5.82 Å². The molecular weight excluding hydrogens is 460 g/mol. The number of nitrogens with one attached hydrogen (secondary N) is 1. The molecule has 30 heavy (non-hydrogen) atoms. The summed E-state index contributed by atoms with van der Waals surface area (Å²) in [5.74, 6) is -2.36. The first-order valence-corrected chi connectivity index (χ1v) is 11.1. The second-order valence-corrected chi connectivity index (χ2v) is 9.58. The zero-order chi connectivity index (χ0) is 22.1. The number of carbonyl (C=O) groups excluding carboxylic acids is 2. The van der Waals surface area contributed by atoms with Gasteiger partial charge in [0.2, 0.25) is 0 Å². The van der Waals surface area contributed by atoms with Crippen molar-refractivity contribution in [2.24, 2.45) is 0 Å². The van der Waals surface area contributed by atoms with Crippen molar-refractivity contribution >= 4 is 44.9 Å². The van der Waals surface area contributed by atoms with Gasteiger partial charge in [-0.1, -0.05) is 29.3 Å². The maximum Gasteiger partial charge on any atom is 0.324 e. The van der Waals surface area contributed by atoms with Crippen molar-refractivity contribution < 1.29 is 31.9 Å². The van der Waals surface area contributed by atoms with Gasteiger partial charge in [-0.25, -0.2) is 12.8 Å². The number of hydrogen-bond donors (Lipinski definition) is 1. The highest BCUT2D eigenvalue weighted by Gasteiger charge is 2.44. The third-order valence-corrected chi connectivity index (χ3v) is 7.21. The molecule has 7 nitrogen and oxygen atoms in total. The molecule has 0 radical (unpaired) electrons. The first-order chi connectivity index (χ1) is 14.1. The maximum absolute atomic E-state index is 13.4. The normalized spacial score (nSPS) is 19.9. The lowest BCUT2D eigenvalue weighted by atomic mass is 10.1. The van der Waals surface area contributed by atoms with Gasteiger partial charge in [-0.3, -0.25) is 9.59 Å². The molecule has 11 heteroatoms. The Balaban J connectivity index is 1.83. The molecule has 2 aromatic carbocycles. The molecule has 1 fully saturated rings. The Morgan fingerprint density at radius 1 is 1.17 bits per heavy atom. The van der Waals surface area contributed by atoms with Gasteiger partial charge in [0.25, 0.3) is 5.91 Å². The number of halogens is 3. The Kier molecular flexibility index (Phi) is 6.54. The monoisotopic (exact) mass is 475 g/mol. The van der Waals surface area contributed by atoms with Gasteiger partial charge in [0.1, 0.15) is 22.9 Å². The van der Waals surface area contributed by atoms with Crippen LogP contribution in [0.5, 0.6) is 11.5 Å². The summed E-state index contributed by atoms with van der Waals surface area (Å²) in [6.07, 6.45) is -0.116. The number of hydrogen-bond acceptors (Lipinski definition) is 6. The lowest BCUT2D eigenvalue weighted by Crippen LogP contribution is -2.36. The number of benzene rings is 2. The number of rotatable bonds is 5. The average molecular weight is 476 g/mol. The molecular formula is C19H16Cl2FNO6S. The molecule has 2 unspecified atom stereocenters. The average Bonchev–Trinajstić information content (AvgIpc) is 2.97. The van der Waals surface area contributed by atoms with Crippen LogP contribution < -0.4 is 10.1 Å². The van der Waals surface area contributed by atoms with Crippen LogP contribution in [0.2, 0.25) is 10.0 Å². The van der Waals surface area contributed by atoms with Gasteiger partial charge in [0.05, 0.1) is 22.9 Å². The summed E-state index contributed by atoms with van der Waals surface area (Å²) in [6.45, 7) is 0. The second kappa shape index (κ2) is 8.79. The van der Waals surface area contributed by atoms with Gasteiger partial charge in [0, 0.05) is 12.1 Å². The predicted octanol–water partition coefficient (Wildman–Crippen LogP) is 3.38. The molecule has 1 N–H and O–H groups in total. The molecule has 0 aromatic heterocycles. The fourth-order valence-electron chi connectivity index (χ4n) is 3.08. The Bertz CT molecular complexity index is 1110. The van der Waals surface area contributed by atoms with Gasteiger partial charge in [-0.2, -0.15) is 0 Å². The van der Waals surface area contributed by atoms with Crippen LogP contribution in [-0.4, -0.2) is 44.4 Å². The van der Waals surface area contributed by atoms with Crippen LogP contribution in [0.25, 0.3) is 0 Å². The minimum atomic E-state index is -3.76. The van der Waals surface area contributed by atoms with E-state index in [1.54, 1.807) is 6.07 Å². The van der Waals surface area contributed by atoms with Crippen molar-refractivity contribution in [3.63, 3.8) is 0 Å². The van der Waals surface area contributed by atoms with E-state index < -0.39 is 44.6 Å². The van der Waals surface area contributed by atoms with Crippen molar-refractivity contribution in [3.05, 3.63) is 57.8 Å². The highest BCUT2D eigenvalue weighted by Crippen LogP contribution is 2.32. The van der Waals surface area contributed by atoms with E-state index in [2.05, 4.69) is 10.1 Å². The van der Waals surface area contributed by atoms with Gasteiger partial charge < -0.3 is 14.8 Å². The summed E-state index contributed by atoms with van der Waals surface area (Å²) in [6, 6.07) is 7.35. The molecule has 1 aliphatic heterocycles. The standard InChI is InChI=1S/C19H16Cl2FNO6S/c1-28-19(25)16-7-10(9-30(16,26)27)23-18(24)17-12(20)3-2-4-15(17)29-11-5-6-14(22)13(21)8-11/h2-6,8,10,16H,7,9H2,1H3,(H,23,24). The van der Waals surface area contributed by atoms with E-state index in [0.29, 0.717) is 0 Å². The van der Waals surface area contributed by atoms with E-state index in [4.69, 9.17) is 27.9 Å². The van der Waals surface area contributed by atoms with E-state index in [9.17, 15) is 22.4 Å². The Morgan fingerprint density at radius 3 is 2.57 bits per heavy atom. The highest BCUT2D eigenvalue weighted by atomic mass is 35.5. The third kappa shape index (κ3) is 4.69. The van der Waals surface area contributed by atoms with E-state index >= 15 is 0 Å². The summed E-state index contributed by atoms with van der Waals surface area (Å²) in [7, 11) is -2.66. The Labute approximate surface area is 182 Å². The summed E-state index contributed by atoms with van der Waals surface area (Å²) in [5.41, 5.74) is -0.0430. The molecule has 0 saturated carbocycles. The molecule has 160 valence electrons. The summed E-state index contributed by atoms with van der Waals surface area (Å²) < 4.78 is 47.9. The minimum Gasteiger partial charge on any atom is -0.468 e. The molecule has 1 aliphatic rings. The number of methoxy groups -OCH3 is 1. The summed E-state index contributed by atoms with van der Waals surface area (Å²) in [5, 5.41) is 1.13. The first-order valence-electron chi connectivity index (χ1n) is 8.64. The van der Waals surface area contributed by atoms with Crippen LogP contribution in [0.1, 0.15) is 16.8 Å². The molecule has 3 rings (SSSR count). The minimum absolute atomic E-state index is 0.0430. The predicted molar refractivity (Wildman–Crippen MR) is 108 cm³/mol. The number of carbonyl (C=O) groups is 2. The van der Waals surface area contributed by atoms with Gasteiger partial charge in [-0.15, -0.1) is 0 Å². The van der Waals surface area contributed by atoms with Crippen molar-refractivity contribution in [1.29, 1.82) is 0 Å². The van der Waals surface area contributed by atoms with Crippen LogP contribution >= 0.6 is 23.2 Å². The lowest BCUT2D eigenvalue weighted by Gasteiger charge is -2.16. The van der Waals surface area contributed by atoms with E-state index in [1.165, 1.54) is 24.3 Å². The van der Waals surface area contributed by atoms with Crippen molar-refractivity contribution in [1.82, 2.24) is 5.32 Å². The first kappa shape index (κ1) is 22.3. The summed E-state index contributed by atoms with van der Waals surface area (Å²) >= 11 is 11.9. The number of ether oxygens (including phenoxy) is 2. The largest absolute Gasteiger partial charge is 0.468 e. The van der Waals surface area contributed by atoms with Crippen LogP contribution in [-0.2, 0) is 19.4 Å². The quantitative estimate of drug-likeness (QED) is 0.665. The number of esters is 1. The zero-order valence-corrected chi connectivity index (χ0v) is 17.9. The number of sulfone groups is 1. The van der Waals surface area contributed by atoms with Gasteiger partial charge in [-0.05, 0) is 30.7 Å². The molecule has 2 aromatic rings.